The smallest absolute Gasteiger partial charge is 0.328 e. The van der Waals surface area contributed by atoms with Crippen molar-refractivity contribution in [2.24, 2.45) is 16.3 Å². The number of hydrogen-bond acceptors (Lipinski definition) is 2. The lowest BCUT2D eigenvalue weighted by atomic mass is 9.72. The van der Waals surface area contributed by atoms with Crippen LogP contribution in [0.2, 0.25) is 0 Å². The highest BCUT2D eigenvalue weighted by molar-refractivity contribution is 5.75. The molecule has 0 bridgehead atoms. The van der Waals surface area contributed by atoms with Crippen molar-refractivity contribution in [1.82, 2.24) is 0 Å². The number of aliphatic imine (C=N–C) groups is 1. The summed E-state index contributed by atoms with van der Waals surface area (Å²) in [6, 6.07) is -0.650. The van der Waals surface area contributed by atoms with Crippen molar-refractivity contribution in [2.45, 2.75) is 66.3 Å². The van der Waals surface area contributed by atoms with Gasteiger partial charge in [0.1, 0.15) is 6.04 Å². The zero-order valence-corrected chi connectivity index (χ0v) is 14.0. The molecule has 21 heavy (non-hydrogen) atoms. The Hall–Kier alpha value is -1.38. The number of hydrogen-bond donors (Lipinski definition) is 1. The number of carboxylic acid groups (broad SMARTS) is 1. The summed E-state index contributed by atoms with van der Waals surface area (Å²) in [6.07, 6.45) is 10.7. The molecule has 1 rings (SSSR count). The molecule has 0 aromatic rings. The minimum atomic E-state index is -0.876. The van der Waals surface area contributed by atoms with Crippen molar-refractivity contribution in [2.75, 3.05) is 0 Å². The molecule has 0 heterocycles. The third kappa shape index (κ3) is 5.49. The van der Waals surface area contributed by atoms with E-state index in [1.54, 1.807) is 13.1 Å². The van der Waals surface area contributed by atoms with E-state index in [2.05, 4.69) is 44.8 Å². The first-order valence-electron chi connectivity index (χ1n) is 7.87. The standard InChI is InChI=1S/C18H29NO2/c1-13(10-12-19-15(3)17(20)21)8-9-16-14(2)7-6-11-18(16,4)5/h8-9,12-13,15H,6-7,10-11H2,1-5H3,(H,20,21)/t13?,15-/m0/s1. The van der Waals surface area contributed by atoms with Crippen molar-refractivity contribution in [3.05, 3.63) is 23.3 Å². The molecule has 0 spiro atoms. The minimum absolute atomic E-state index is 0.268. The van der Waals surface area contributed by atoms with Crippen LogP contribution in [0.3, 0.4) is 0 Å². The summed E-state index contributed by atoms with van der Waals surface area (Å²) >= 11 is 0. The zero-order chi connectivity index (χ0) is 16.0. The van der Waals surface area contributed by atoms with Gasteiger partial charge in [-0.3, -0.25) is 4.99 Å². The third-order valence-electron chi connectivity index (χ3n) is 4.30. The maximum atomic E-state index is 10.7. The Labute approximate surface area is 128 Å². The van der Waals surface area contributed by atoms with Gasteiger partial charge < -0.3 is 5.11 Å². The average molecular weight is 291 g/mol. The van der Waals surface area contributed by atoms with Crippen molar-refractivity contribution in [1.29, 1.82) is 0 Å². The molecular weight excluding hydrogens is 262 g/mol. The van der Waals surface area contributed by atoms with E-state index in [-0.39, 0.29) is 5.41 Å². The average Bonchev–Trinajstić information content (AvgIpc) is 2.37. The maximum Gasteiger partial charge on any atom is 0.328 e. The fourth-order valence-corrected chi connectivity index (χ4v) is 2.80. The molecule has 0 saturated carbocycles. The first-order valence-corrected chi connectivity index (χ1v) is 7.87. The predicted octanol–water partition coefficient (Wildman–Crippen LogP) is 4.64. The molecule has 1 N–H and O–H groups in total. The van der Waals surface area contributed by atoms with Gasteiger partial charge in [0.05, 0.1) is 0 Å². The van der Waals surface area contributed by atoms with E-state index in [1.807, 2.05) is 0 Å². The summed E-state index contributed by atoms with van der Waals surface area (Å²) in [6.45, 7) is 10.6. The molecule has 0 radical (unpaired) electrons. The third-order valence-corrected chi connectivity index (χ3v) is 4.30. The molecule has 0 amide bonds. The molecular formula is C18H29NO2. The van der Waals surface area contributed by atoms with Gasteiger partial charge in [-0.1, -0.05) is 38.5 Å². The Bertz CT molecular complexity index is 458. The molecule has 1 aliphatic rings. The molecule has 0 saturated heterocycles. The lowest BCUT2D eigenvalue weighted by Gasteiger charge is -2.33. The quantitative estimate of drug-likeness (QED) is 0.725. The molecule has 0 aromatic carbocycles. The van der Waals surface area contributed by atoms with Crippen LogP contribution < -0.4 is 0 Å². The van der Waals surface area contributed by atoms with Gasteiger partial charge in [-0.15, -0.1) is 0 Å². The van der Waals surface area contributed by atoms with Crippen LogP contribution in [0.5, 0.6) is 0 Å². The maximum absolute atomic E-state index is 10.7. The number of aliphatic carboxylic acids is 1. The van der Waals surface area contributed by atoms with E-state index >= 15 is 0 Å². The number of nitrogens with zero attached hydrogens (tertiary/aromatic N) is 1. The Morgan fingerprint density at radius 3 is 2.67 bits per heavy atom. The number of carboxylic acids is 1. The summed E-state index contributed by atoms with van der Waals surface area (Å²) in [4.78, 5) is 14.7. The van der Waals surface area contributed by atoms with E-state index in [0.717, 1.165) is 6.42 Å². The molecule has 0 aliphatic heterocycles. The second-order valence-electron chi connectivity index (χ2n) is 6.85. The number of rotatable bonds is 6. The summed E-state index contributed by atoms with van der Waals surface area (Å²) in [5, 5.41) is 8.77. The van der Waals surface area contributed by atoms with Crippen molar-refractivity contribution < 1.29 is 9.90 Å². The zero-order valence-electron chi connectivity index (χ0n) is 14.0. The summed E-state index contributed by atoms with van der Waals surface area (Å²) in [5.74, 6) is -0.507. The molecule has 0 aromatic heterocycles. The van der Waals surface area contributed by atoms with E-state index in [9.17, 15) is 4.79 Å². The van der Waals surface area contributed by atoms with Crippen LogP contribution in [0.1, 0.15) is 60.3 Å². The van der Waals surface area contributed by atoms with E-state index in [1.165, 1.54) is 30.4 Å². The van der Waals surface area contributed by atoms with Gasteiger partial charge in [-0.05, 0) is 56.4 Å². The molecule has 2 atom stereocenters. The molecule has 3 nitrogen and oxygen atoms in total. The fraction of sp³-hybridized carbons (Fsp3) is 0.667. The molecule has 1 unspecified atom stereocenters. The molecule has 3 heteroatoms. The van der Waals surface area contributed by atoms with Gasteiger partial charge in [0.2, 0.25) is 0 Å². The minimum Gasteiger partial charge on any atom is -0.480 e. The predicted molar refractivity (Wildman–Crippen MR) is 88.8 cm³/mol. The topological polar surface area (TPSA) is 49.7 Å². The van der Waals surface area contributed by atoms with Gasteiger partial charge in [0.25, 0.3) is 0 Å². The first kappa shape index (κ1) is 17.7. The van der Waals surface area contributed by atoms with Crippen LogP contribution in [-0.4, -0.2) is 23.3 Å². The Kier molecular flexibility index (Phi) is 6.38. The second kappa shape index (κ2) is 7.58. The van der Waals surface area contributed by atoms with Gasteiger partial charge in [-0.2, -0.15) is 0 Å². The number of allylic oxidation sites excluding steroid dienone is 4. The van der Waals surface area contributed by atoms with Crippen LogP contribution in [0.15, 0.2) is 28.3 Å². The largest absolute Gasteiger partial charge is 0.480 e. The SMILES string of the molecule is CC1=C(C=CC(C)CC=N[C@@H](C)C(=O)O)C(C)(C)CCC1. The van der Waals surface area contributed by atoms with Gasteiger partial charge in [0.15, 0.2) is 0 Å². The molecule has 0 fully saturated rings. The normalized spacial score (nSPS) is 22.0. The van der Waals surface area contributed by atoms with Crippen LogP contribution in [0, 0.1) is 11.3 Å². The van der Waals surface area contributed by atoms with Crippen molar-refractivity contribution >= 4 is 12.2 Å². The van der Waals surface area contributed by atoms with Crippen LogP contribution in [-0.2, 0) is 4.79 Å². The summed E-state index contributed by atoms with van der Waals surface area (Å²) < 4.78 is 0. The highest BCUT2D eigenvalue weighted by Gasteiger charge is 2.26. The lowest BCUT2D eigenvalue weighted by Crippen LogP contribution is -2.19. The van der Waals surface area contributed by atoms with Gasteiger partial charge in [0, 0.05) is 6.21 Å². The lowest BCUT2D eigenvalue weighted by molar-refractivity contribution is -0.137. The summed E-state index contributed by atoms with van der Waals surface area (Å²) in [7, 11) is 0. The second-order valence-corrected chi connectivity index (χ2v) is 6.85. The van der Waals surface area contributed by atoms with E-state index in [4.69, 9.17) is 5.11 Å². The van der Waals surface area contributed by atoms with Crippen LogP contribution >= 0.6 is 0 Å². The van der Waals surface area contributed by atoms with E-state index < -0.39 is 12.0 Å². The van der Waals surface area contributed by atoms with Crippen molar-refractivity contribution in [3.63, 3.8) is 0 Å². The Morgan fingerprint density at radius 2 is 2.10 bits per heavy atom. The fourth-order valence-electron chi connectivity index (χ4n) is 2.80. The molecule has 118 valence electrons. The summed E-state index contributed by atoms with van der Waals surface area (Å²) in [5.41, 5.74) is 3.24. The van der Waals surface area contributed by atoms with Crippen LogP contribution in [0.25, 0.3) is 0 Å². The van der Waals surface area contributed by atoms with Gasteiger partial charge in [-0.25, -0.2) is 4.79 Å². The van der Waals surface area contributed by atoms with Crippen LogP contribution in [0.4, 0.5) is 0 Å². The number of carbonyl (C=O) groups is 1. The van der Waals surface area contributed by atoms with Crippen molar-refractivity contribution in [3.8, 4) is 0 Å². The highest BCUT2D eigenvalue weighted by atomic mass is 16.4. The van der Waals surface area contributed by atoms with Gasteiger partial charge >= 0.3 is 5.97 Å². The first-order chi connectivity index (χ1) is 9.74. The molecule has 1 aliphatic carbocycles. The van der Waals surface area contributed by atoms with E-state index in [0.29, 0.717) is 5.92 Å². The monoisotopic (exact) mass is 291 g/mol. The Morgan fingerprint density at radius 1 is 1.43 bits per heavy atom. The highest BCUT2D eigenvalue weighted by Crippen LogP contribution is 2.40. The Balaban J connectivity index is 2.61.